The number of carbonyl (C=O) groups is 1. The van der Waals surface area contributed by atoms with Gasteiger partial charge in [-0.25, -0.2) is 8.42 Å². The zero-order valence-electron chi connectivity index (χ0n) is 11.6. The Kier molecular flexibility index (Phi) is 4.57. The molecule has 0 saturated heterocycles. The average molecular weight is 285 g/mol. The minimum Gasteiger partial charge on any atom is -0.459 e. The molecule has 0 saturated carbocycles. The number of ether oxygens (including phenoxy) is 1. The minimum atomic E-state index is -3.19. The van der Waals surface area contributed by atoms with Gasteiger partial charge in [-0.15, -0.1) is 0 Å². The van der Waals surface area contributed by atoms with E-state index in [0.29, 0.717) is 5.69 Å². The molecule has 106 valence electrons. The summed E-state index contributed by atoms with van der Waals surface area (Å²) in [6.45, 7) is 5.43. The van der Waals surface area contributed by atoms with Gasteiger partial charge in [0, 0.05) is 11.9 Å². The maximum Gasteiger partial charge on any atom is 0.325 e. The fourth-order valence-corrected chi connectivity index (χ4v) is 2.00. The summed E-state index contributed by atoms with van der Waals surface area (Å²) in [5.74, 6) is -0.361. The first-order valence-electron chi connectivity index (χ1n) is 5.84. The maximum atomic E-state index is 11.5. The van der Waals surface area contributed by atoms with Crippen LogP contribution in [-0.4, -0.2) is 32.8 Å². The number of hydrogen-bond donors (Lipinski definition) is 1. The molecular weight excluding hydrogens is 266 g/mol. The van der Waals surface area contributed by atoms with Crippen LogP contribution in [0.15, 0.2) is 29.2 Å². The van der Waals surface area contributed by atoms with Crippen molar-refractivity contribution in [3.8, 4) is 0 Å². The first-order valence-corrected chi connectivity index (χ1v) is 7.73. The van der Waals surface area contributed by atoms with Gasteiger partial charge in [-0.05, 0) is 45.0 Å². The highest BCUT2D eigenvalue weighted by atomic mass is 32.2. The number of rotatable bonds is 4. The van der Waals surface area contributed by atoms with Crippen molar-refractivity contribution in [3.05, 3.63) is 24.3 Å². The Morgan fingerprint density at radius 1 is 1.21 bits per heavy atom. The van der Waals surface area contributed by atoms with Crippen LogP contribution in [0.25, 0.3) is 0 Å². The number of benzene rings is 1. The van der Waals surface area contributed by atoms with Gasteiger partial charge in [0.15, 0.2) is 9.84 Å². The zero-order valence-corrected chi connectivity index (χ0v) is 12.4. The monoisotopic (exact) mass is 285 g/mol. The van der Waals surface area contributed by atoms with Gasteiger partial charge < -0.3 is 10.1 Å². The third kappa shape index (κ3) is 5.74. The molecule has 0 aromatic heterocycles. The molecule has 0 spiro atoms. The van der Waals surface area contributed by atoms with Crippen LogP contribution in [0.4, 0.5) is 5.69 Å². The van der Waals surface area contributed by atoms with E-state index < -0.39 is 15.4 Å². The number of hydrogen-bond acceptors (Lipinski definition) is 5. The quantitative estimate of drug-likeness (QED) is 0.855. The SMILES string of the molecule is CC(C)(C)OC(=O)CNc1ccc(S(C)(=O)=O)cc1. The summed E-state index contributed by atoms with van der Waals surface area (Å²) < 4.78 is 27.7. The summed E-state index contributed by atoms with van der Waals surface area (Å²) in [5, 5.41) is 2.88. The number of nitrogens with one attached hydrogen (secondary N) is 1. The van der Waals surface area contributed by atoms with Crippen molar-refractivity contribution in [1.29, 1.82) is 0 Å². The number of sulfone groups is 1. The molecule has 0 heterocycles. The fraction of sp³-hybridized carbons (Fsp3) is 0.462. The smallest absolute Gasteiger partial charge is 0.325 e. The van der Waals surface area contributed by atoms with Gasteiger partial charge in [0.2, 0.25) is 0 Å². The lowest BCUT2D eigenvalue weighted by Crippen LogP contribution is -2.28. The van der Waals surface area contributed by atoms with Gasteiger partial charge in [-0.1, -0.05) is 0 Å². The normalized spacial score (nSPS) is 12.0. The molecule has 5 nitrogen and oxygen atoms in total. The third-order valence-electron chi connectivity index (χ3n) is 2.14. The Morgan fingerprint density at radius 3 is 2.16 bits per heavy atom. The van der Waals surface area contributed by atoms with E-state index >= 15 is 0 Å². The molecule has 0 amide bonds. The van der Waals surface area contributed by atoms with E-state index in [9.17, 15) is 13.2 Å². The summed E-state index contributed by atoms with van der Waals surface area (Å²) in [5.41, 5.74) is 0.150. The molecule has 0 unspecified atom stereocenters. The average Bonchev–Trinajstić information content (AvgIpc) is 2.23. The Balaban J connectivity index is 2.58. The minimum absolute atomic E-state index is 0.0372. The van der Waals surface area contributed by atoms with Gasteiger partial charge in [-0.2, -0.15) is 0 Å². The molecule has 0 atom stereocenters. The summed E-state index contributed by atoms with van der Waals surface area (Å²) in [6.07, 6.45) is 1.15. The lowest BCUT2D eigenvalue weighted by Gasteiger charge is -2.19. The molecule has 0 bridgehead atoms. The molecule has 6 heteroatoms. The van der Waals surface area contributed by atoms with Crippen LogP contribution >= 0.6 is 0 Å². The Morgan fingerprint density at radius 2 is 1.74 bits per heavy atom. The van der Waals surface area contributed by atoms with E-state index in [1.54, 1.807) is 32.9 Å². The van der Waals surface area contributed by atoms with Crippen molar-refractivity contribution in [3.63, 3.8) is 0 Å². The number of anilines is 1. The first kappa shape index (κ1) is 15.5. The molecule has 19 heavy (non-hydrogen) atoms. The summed E-state index contributed by atoms with van der Waals surface area (Å²) in [4.78, 5) is 11.7. The van der Waals surface area contributed by atoms with Crippen LogP contribution in [0.2, 0.25) is 0 Å². The van der Waals surface area contributed by atoms with E-state index in [4.69, 9.17) is 4.74 Å². The number of esters is 1. The molecule has 0 aliphatic carbocycles. The summed E-state index contributed by atoms with van der Waals surface area (Å²) >= 11 is 0. The highest BCUT2D eigenvalue weighted by Gasteiger charge is 2.15. The Labute approximate surface area is 113 Å². The van der Waals surface area contributed by atoms with Crippen molar-refractivity contribution in [1.82, 2.24) is 0 Å². The molecule has 1 N–H and O–H groups in total. The van der Waals surface area contributed by atoms with Crippen LogP contribution in [0, 0.1) is 0 Å². The van der Waals surface area contributed by atoms with Gasteiger partial charge in [-0.3, -0.25) is 4.79 Å². The molecule has 0 fully saturated rings. The first-order chi connectivity index (χ1) is 8.58. The van der Waals surface area contributed by atoms with Gasteiger partial charge in [0.25, 0.3) is 0 Å². The van der Waals surface area contributed by atoms with Crippen LogP contribution in [0.1, 0.15) is 20.8 Å². The predicted molar refractivity (Wildman–Crippen MR) is 73.9 cm³/mol. The van der Waals surface area contributed by atoms with Gasteiger partial charge >= 0.3 is 5.97 Å². The molecule has 0 aliphatic rings. The molecule has 1 rings (SSSR count). The highest BCUT2D eigenvalue weighted by molar-refractivity contribution is 7.90. The van der Waals surface area contributed by atoms with E-state index in [-0.39, 0.29) is 17.4 Å². The largest absolute Gasteiger partial charge is 0.459 e. The van der Waals surface area contributed by atoms with Crippen molar-refractivity contribution in [2.45, 2.75) is 31.3 Å². The molecule has 0 aliphatic heterocycles. The third-order valence-corrected chi connectivity index (χ3v) is 3.27. The summed E-state index contributed by atoms with van der Waals surface area (Å²) in [6, 6.07) is 6.21. The van der Waals surface area contributed by atoms with Gasteiger partial charge in [0.05, 0.1) is 4.90 Å². The second-order valence-electron chi connectivity index (χ2n) is 5.24. The predicted octanol–water partition coefficient (Wildman–Crippen LogP) is 1.84. The fourth-order valence-electron chi connectivity index (χ4n) is 1.37. The number of carbonyl (C=O) groups excluding carboxylic acids is 1. The lowest BCUT2D eigenvalue weighted by molar-refractivity contribution is -0.152. The van der Waals surface area contributed by atoms with Crippen LogP contribution in [0.5, 0.6) is 0 Å². The molecular formula is C13H19NO4S. The Hall–Kier alpha value is -1.56. The second-order valence-corrected chi connectivity index (χ2v) is 7.25. The van der Waals surface area contributed by atoms with Crippen molar-refractivity contribution < 1.29 is 17.9 Å². The van der Waals surface area contributed by atoms with Crippen LogP contribution < -0.4 is 5.32 Å². The topological polar surface area (TPSA) is 72.5 Å². The van der Waals surface area contributed by atoms with Crippen molar-refractivity contribution in [2.75, 3.05) is 18.1 Å². The highest BCUT2D eigenvalue weighted by Crippen LogP contribution is 2.14. The molecule has 1 aromatic rings. The van der Waals surface area contributed by atoms with Gasteiger partial charge in [0.1, 0.15) is 12.1 Å². The standard InChI is InChI=1S/C13H19NO4S/c1-13(2,3)18-12(15)9-14-10-5-7-11(8-6-10)19(4,16)17/h5-8,14H,9H2,1-4H3. The van der Waals surface area contributed by atoms with Crippen LogP contribution in [-0.2, 0) is 19.4 Å². The van der Waals surface area contributed by atoms with Crippen molar-refractivity contribution in [2.24, 2.45) is 0 Å². The van der Waals surface area contributed by atoms with E-state index in [0.717, 1.165) is 6.26 Å². The lowest BCUT2D eigenvalue weighted by atomic mass is 10.2. The Bertz CT molecular complexity index is 541. The van der Waals surface area contributed by atoms with E-state index in [2.05, 4.69) is 5.32 Å². The second kappa shape index (κ2) is 5.61. The maximum absolute atomic E-state index is 11.5. The molecule has 0 radical (unpaired) electrons. The zero-order chi connectivity index (χ0) is 14.7. The molecule has 1 aromatic carbocycles. The van der Waals surface area contributed by atoms with E-state index in [1.807, 2.05) is 0 Å². The summed E-state index contributed by atoms with van der Waals surface area (Å²) in [7, 11) is -3.19. The van der Waals surface area contributed by atoms with E-state index in [1.165, 1.54) is 12.1 Å². The van der Waals surface area contributed by atoms with Crippen molar-refractivity contribution >= 4 is 21.5 Å². The van der Waals surface area contributed by atoms with Crippen LogP contribution in [0.3, 0.4) is 0 Å².